The molecule has 0 aromatic heterocycles. The van der Waals surface area contributed by atoms with Gasteiger partial charge in [0.25, 0.3) is 0 Å². The standard InChI is InChI=1S/C12H27NO/c1-4-6-7-8-11(5-2)12(3,13)9-10-14/h11,14H,4-10,13H2,1-3H3. The van der Waals surface area contributed by atoms with E-state index in [-0.39, 0.29) is 12.1 Å². The van der Waals surface area contributed by atoms with Gasteiger partial charge in [0, 0.05) is 12.1 Å². The number of rotatable bonds is 8. The number of unbranched alkanes of at least 4 members (excludes halogenated alkanes) is 2. The SMILES string of the molecule is CCCCCC(CC)C(C)(N)CCO. The van der Waals surface area contributed by atoms with Gasteiger partial charge in [-0.2, -0.15) is 0 Å². The van der Waals surface area contributed by atoms with Gasteiger partial charge in [-0.3, -0.25) is 0 Å². The second-order valence-electron chi connectivity index (χ2n) is 4.58. The van der Waals surface area contributed by atoms with Crippen LogP contribution < -0.4 is 5.73 Å². The molecule has 0 saturated heterocycles. The first-order chi connectivity index (χ1) is 6.58. The zero-order chi connectivity index (χ0) is 11.0. The lowest BCUT2D eigenvalue weighted by molar-refractivity contribution is 0.187. The van der Waals surface area contributed by atoms with E-state index in [2.05, 4.69) is 20.8 Å². The molecule has 0 radical (unpaired) electrons. The van der Waals surface area contributed by atoms with Crippen molar-refractivity contribution in [2.75, 3.05) is 6.61 Å². The van der Waals surface area contributed by atoms with Gasteiger partial charge in [0.15, 0.2) is 0 Å². The lowest BCUT2D eigenvalue weighted by Gasteiger charge is -2.33. The van der Waals surface area contributed by atoms with E-state index >= 15 is 0 Å². The molecule has 0 saturated carbocycles. The van der Waals surface area contributed by atoms with Crippen LogP contribution in [0.25, 0.3) is 0 Å². The maximum atomic E-state index is 8.94. The van der Waals surface area contributed by atoms with Crippen molar-refractivity contribution in [2.24, 2.45) is 11.7 Å². The quantitative estimate of drug-likeness (QED) is 0.593. The summed E-state index contributed by atoms with van der Waals surface area (Å²) >= 11 is 0. The van der Waals surface area contributed by atoms with Crippen molar-refractivity contribution in [1.29, 1.82) is 0 Å². The maximum absolute atomic E-state index is 8.94. The Bertz CT molecular complexity index is 134. The number of aliphatic hydroxyl groups excluding tert-OH is 1. The molecule has 0 aliphatic rings. The van der Waals surface area contributed by atoms with Gasteiger partial charge in [0.1, 0.15) is 0 Å². The molecule has 86 valence electrons. The highest BCUT2D eigenvalue weighted by Crippen LogP contribution is 2.26. The molecule has 0 fully saturated rings. The molecule has 0 amide bonds. The molecule has 0 bridgehead atoms. The lowest BCUT2D eigenvalue weighted by atomic mass is 9.79. The Kier molecular flexibility index (Phi) is 7.20. The monoisotopic (exact) mass is 201 g/mol. The van der Waals surface area contributed by atoms with E-state index in [0.29, 0.717) is 5.92 Å². The minimum Gasteiger partial charge on any atom is -0.396 e. The molecule has 0 rings (SSSR count). The van der Waals surface area contributed by atoms with Crippen molar-refractivity contribution >= 4 is 0 Å². The fourth-order valence-electron chi connectivity index (χ4n) is 2.09. The molecule has 2 atom stereocenters. The Labute approximate surface area is 88.9 Å². The van der Waals surface area contributed by atoms with E-state index < -0.39 is 0 Å². The average Bonchev–Trinajstić information content (AvgIpc) is 2.12. The van der Waals surface area contributed by atoms with Gasteiger partial charge in [-0.05, 0) is 25.7 Å². The smallest absolute Gasteiger partial charge is 0.0448 e. The Morgan fingerprint density at radius 1 is 1.29 bits per heavy atom. The summed E-state index contributed by atoms with van der Waals surface area (Å²) in [6.07, 6.45) is 6.88. The highest BCUT2D eigenvalue weighted by atomic mass is 16.3. The number of hydrogen-bond acceptors (Lipinski definition) is 2. The molecule has 0 aliphatic carbocycles. The van der Waals surface area contributed by atoms with Gasteiger partial charge in [-0.1, -0.05) is 39.5 Å². The molecule has 2 unspecified atom stereocenters. The average molecular weight is 201 g/mol. The first kappa shape index (κ1) is 13.9. The normalized spacial score (nSPS) is 17.8. The van der Waals surface area contributed by atoms with Crippen molar-refractivity contribution in [3.63, 3.8) is 0 Å². The van der Waals surface area contributed by atoms with Crippen LogP contribution in [0.2, 0.25) is 0 Å². The summed E-state index contributed by atoms with van der Waals surface area (Å²) < 4.78 is 0. The van der Waals surface area contributed by atoms with Crippen molar-refractivity contribution in [3.05, 3.63) is 0 Å². The molecule has 2 nitrogen and oxygen atoms in total. The number of aliphatic hydroxyl groups is 1. The Balaban J connectivity index is 3.96. The van der Waals surface area contributed by atoms with Crippen LogP contribution in [-0.2, 0) is 0 Å². The molecule has 14 heavy (non-hydrogen) atoms. The predicted molar refractivity (Wildman–Crippen MR) is 62.2 cm³/mol. The summed E-state index contributed by atoms with van der Waals surface area (Å²) in [5.41, 5.74) is 6.02. The molecule has 0 aromatic rings. The van der Waals surface area contributed by atoms with Crippen LogP contribution in [0.4, 0.5) is 0 Å². The fraction of sp³-hybridized carbons (Fsp3) is 1.00. The minimum absolute atomic E-state index is 0.183. The van der Waals surface area contributed by atoms with E-state index in [1.807, 2.05) is 0 Å². The number of nitrogens with two attached hydrogens (primary N) is 1. The van der Waals surface area contributed by atoms with Crippen LogP contribution in [0.15, 0.2) is 0 Å². The van der Waals surface area contributed by atoms with Crippen molar-refractivity contribution in [3.8, 4) is 0 Å². The van der Waals surface area contributed by atoms with Crippen molar-refractivity contribution in [1.82, 2.24) is 0 Å². The number of hydrogen-bond donors (Lipinski definition) is 2. The van der Waals surface area contributed by atoms with Gasteiger partial charge in [-0.25, -0.2) is 0 Å². The third kappa shape index (κ3) is 4.97. The van der Waals surface area contributed by atoms with Crippen LogP contribution in [0.5, 0.6) is 0 Å². The zero-order valence-corrected chi connectivity index (χ0v) is 10.1. The maximum Gasteiger partial charge on any atom is 0.0448 e. The van der Waals surface area contributed by atoms with Crippen LogP contribution in [0.1, 0.15) is 59.3 Å². The van der Waals surface area contributed by atoms with Gasteiger partial charge in [0.2, 0.25) is 0 Å². The highest BCUT2D eigenvalue weighted by molar-refractivity contribution is 4.85. The molecule has 3 N–H and O–H groups in total. The molecular weight excluding hydrogens is 174 g/mol. The fourth-order valence-corrected chi connectivity index (χ4v) is 2.09. The van der Waals surface area contributed by atoms with Gasteiger partial charge < -0.3 is 10.8 Å². The van der Waals surface area contributed by atoms with Crippen LogP contribution in [0, 0.1) is 5.92 Å². The third-order valence-corrected chi connectivity index (χ3v) is 3.23. The summed E-state index contributed by atoms with van der Waals surface area (Å²) in [7, 11) is 0. The largest absolute Gasteiger partial charge is 0.396 e. The summed E-state index contributed by atoms with van der Waals surface area (Å²) in [5, 5.41) is 8.94. The lowest BCUT2D eigenvalue weighted by Crippen LogP contribution is -2.44. The van der Waals surface area contributed by atoms with E-state index in [1.54, 1.807) is 0 Å². The highest BCUT2D eigenvalue weighted by Gasteiger charge is 2.27. The second kappa shape index (κ2) is 7.24. The van der Waals surface area contributed by atoms with E-state index in [4.69, 9.17) is 10.8 Å². The Morgan fingerprint density at radius 3 is 2.36 bits per heavy atom. The first-order valence-corrected chi connectivity index (χ1v) is 5.98. The summed E-state index contributed by atoms with van der Waals surface area (Å²) in [5.74, 6) is 0.557. The summed E-state index contributed by atoms with van der Waals surface area (Å²) in [6.45, 7) is 6.69. The van der Waals surface area contributed by atoms with Crippen molar-refractivity contribution in [2.45, 2.75) is 64.8 Å². The molecule has 0 aromatic carbocycles. The van der Waals surface area contributed by atoms with Gasteiger partial charge in [-0.15, -0.1) is 0 Å². The minimum atomic E-state index is -0.183. The van der Waals surface area contributed by atoms with Crippen LogP contribution in [-0.4, -0.2) is 17.3 Å². The zero-order valence-electron chi connectivity index (χ0n) is 10.1. The van der Waals surface area contributed by atoms with E-state index in [9.17, 15) is 0 Å². The van der Waals surface area contributed by atoms with Crippen molar-refractivity contribution < 1.29 is 5.11 Å². The topological polar surface area (TPSA) is 46.2 Å². The van der Waals surface area contributed by atoms with Crippen LogP contribution >= 0.6 is 0 Å². The third-order valence-electron chi connectivity index (χ3n) is 3.23. The molecular formula is C12H27NO. The van der Waals surface area contributed by atoms with Gasteiger partial charge in [0.05, 0.1) is 0 Å². The molecule has 0 spiro atoms. The Hall–Kier alpha value is -0.0800. The molecule has 0 aliphatic heterocycles. The predicted octanol–water partition coefficient (Wildman–Crippen LogP) is 2.69. The van der Waals surface area contributed by atoms with Gasteiger partial charge >= 0.3 is 0 Å². The molecule has 2 heteroatoms. The van der Waals surface area contributed by atoms with E-state index in [1.165, 1.54) is 25.7 Å². The Morgan fingerprint density at radius 2 is 1.93 bits per heavy atom. The first-order valence-electron chi connectivity index (χ1n) is 5.98. The second-order valence-corrected chi connectivity index (χ2v) is 4.58. The van der Waals surface area contributed by atoms with Crippen LogP contribution in [0.3, 0.4) is 0 Å². The van der Waals surface area contributed by atoms with E-state index in [0.717, 1.165) is 12.8 Å². The molecule has 0 heterocycles. The summed E-state index contributed by atoms with van der Waals surface area (Å²) in [6, 6.07) is 0. The summed E-state index contributed by atoms with van der Waals surface area (Å²) in [4.78, 5) is 0.